The van der Waals surface area contributed by atoms with Crippen molar-refractivity contribution in [1.29, 1.82) is 0 Å². The largest absolute Gasteiger partial charge is 0.497 e. The zero-order chi connectivity index (χ0) is 17.3. The van der Waals surface area contributed by atoms with Crippen molar-refractivity contribution >= 4 is 9.84 Å². The Bertz CT molecular complexity index is 735. The van der Waals surface area contributed by atoms with Crippen LogP contribution in [0.25, 0.3) is 0 Å². The Morgan fingerprint density at radius 3 is 2.38 bits per heavy atom. The van der Waals surface area contributed by atoms with Gasteiger partial charge in [-0.25, -0.2) is 8.42 Å². The Balaban J connectivity index is 1.67. The average Bonchev–Trinajstić information content (AvgIpc) is 2.62. The maximum atomic E-state index is 12.0. The molecule has 0 heterocycles. The first-order chi connectivity index (χ1) is 11.6. The van der Waals surface area contributed by atoms with E-state index in [0.29, 0.717) is 24.5 Å². The number of hydrogen-bond donors (Lipinski definition) is 0. The van der Waals surface area contributed by atoms with Crippen molar-refractivity contribution in [3.8, 4) is 5.75 Å². The quantitative estimate of drug-likeness (QED) is 0.645. The number of sulfone groups is 1. The molecule has 4 nitrogen and oxygen atoms in total. The Labute approximate surface area is 143 Å². The second kappa shape index (κ2) is 9.25. The summed E-state index contributed by atoms with van der Waals surface area (Å²) in [6.45, 7) is 1.12. The minimum absolute atomic E-state index is 0.317. The van der Waals surface area contributed by atoms with Crippen LogP contribution in [0, 0.1) is 0 Å². The molecule has 24 heavy (non-hydrogen) atoms. The minimum Gasteiger partial charge on any atom is -0.497 e. The second-order valence-corrected chi connectivity index (χ2v) is 7.11. The van der Waals surface area contributed by atoms with Crippen LogP contribution < -0.4 is 4.74 Å². The highest BCUT2D eigenvalue weighted by Crippen LogP contribution is 2.13. The van der Waals surface area contributed by atoms with Crippen molar-refractivity contribution in [2.45, 2.75) is 24.3 Å². The number of unbranched alkanes of at least 4 members (excludes halogenated alkanes) is 1. The molecule has 0 atom stereocenters. The van der Waals surface area contributed by atoms with Crippen LogP contribution in [0.15, 0.2) is 71.0 Å². The van der Waals surface area contributed by atoms with Crippen molar-refractivity contribution in [2.75, 3.05) is 13.7 Å². The lowest BCUT2D eigenvalue weighted by molar-refractivity contribution is 0.119. The molecule has 0 bridgehead atoms. The van der Waals surface area contributed by atoms with Gasteiger partial charge in [0.15, 0.2) is 9.84 Å². The van der Waals surface area contributed by atoms with Crippen LogP contribution in [0.2, 0.25) is 0 Å². The van der Waals surface area contributed by atoms with Gasteiger partial charge in [0.05, 0.1) is 18.6 Å². The first kappa shape index (κ1) is 18.2. The summed E-state index contributed by atoms with van der Waals surface area (Å²) in [5, 5.41) is 1.27. The molecule has 0 aromatic heterocycles. The Hall–Kier alpha value is -2.11. The summed E-state index contributed by atoms with van der Waals surface area (Å²) in [7, 11) is -1.70. The highest BCUT2D eigenvalue weighted by molar-refractivity contribution is 7.94. The first-order valence-corrected chi connectivity index (χ1v) is 9.34. The summed E-state index contributed by atoms with van der Waals surface area (Å²) in [5.41, 5.74) is 1.08. The zero-order valence-electron chi connectivity index (χ0n) is 13.7. The molecular formula is C19H22O4S. The molecule has 0 saturated carbocycles. The monoisotopic (exact) mass is 346 g/mol. The predicted molar refractivity (Wildman–Crippen MR) is 94.7 cm³/mol. The normalized spacial score (nSPS) is 11.7. The average molecular weight is 346 g/mol. The molecule has 0 spiro atoms. The highest BCUT2D eigenvalue weighted by Gasteiger charge is 2.08. The number of benzene rings is 2. The van der Waals surface area contributed by atoms with E-state index in [4.69, 9.17) is 9.47 Å². The van der Waals surface area contributed by atoms with Crippen LogP contribution >= 0.6 is 0 Å². The maximum absolute atomic E-state index is 12.0. The van der Waals surface area contributed by atoms with Gasteiger partial charge in [0.2, 0.25) is 0 Å². The van der Waals surface area contributed by atoms with E-state index in [1.54, 1.807) is 43.5 Å². The van der Waals surface area contributed by atoms with E-state index in [1.165, 1.54) is 5.41 Å². The number of rotatable bonds is 9. The number of hydrogen-bond acceptors (Lipinski definition) is 4. The molecular weight excluding hydrogens is 324 g/mol. The fraction of sp³-hybridized carbons (Fsp3) is 0.263. The van der Waals surface area contributed by atoms with E-state index in [2.05, 4.69) is 0 Å². The van der Waals surface area contributed by atoms with Gasteiger partial charge in [-0.1, -0.05) is 36.4 Å². The van der Waals surface area contributed by atoms with E-state index in [-0.39, 0.29) is 0 Å². The smallest absolute Gasteiger partial charge is 0.199 e. The summed E-state index contributed by atoms with van der Waals surface area (Å²) in [4.78, 5) is 0.317. The lowest BCUT2D eigenvalue weighted by Crippen LogP contribution is -1.97. The zero-order valence-corrected chi connectivity index (χ0v) is 14.5. The van der Waals surface area contributed by atoms with E-state index in [9.17, 15) is 8.42 Å². The van der Waals surface area contributed by atoms with Gasteiger partial charge in [-0.05, 0) is 42.7 Å². The summed E-state index contributed by atoms with van der Waals surface area (Å²) >= 11 is 0. The number of methoxy groups -OCH3 is 1. The van der Waals surface area contributed by atoms with Crippen LogP contribution in [0.5, 0.6) is 5.75 Å². The molecule has 0 fully saturated rings. The first-order valence-electron chi connectivity index (χ1n) is 7.79. The molecule has 0 aliphatic rings. The van der Waals surface area contributed by atoms with Gasteiger partial charge in [0.1, 0.15) is 5.75 Å². The minimum atomic E-state index is -3.34. The molecule has 5 heteroatoms. The lowest BCUT2D eigenvalue weighted by Gasteiger charge is -2.05. The third-order valence-electron chi connectivity index (χ3n) is 3.43. The highest BCUT2D eigenvalue weighted by atomic mass is 32.2. The maximum Gasteiger partial charge on any atom is 0.199 e. The molecule has 0 aliphatic heterocycles. The van der Waals surface area contributed by atoms with Gasteiger partial charge in [0, 0.05) is 12.0 Å². The van der Waals surface area contributed by atoms with Crippen LogP contribution in [0.4, 0.5) is 0 Å². The lowest BCUT2D eigenvalue weighted by atomic mass is 10.2. The van der Waals surface area contributed by atoms with Gasteiger partial charge >= 0.3 is 0 Å². The summed E-state index contributed by atoms with van der Waals surface area (Å²) in [6, 6.07) is 16.1. The van der Waals surface area contributed by atoms with Crippen LogP contribution in [-0.2, 0) is 21.2 Å². The van der Waals surface area contributed by atoms with Gasteiger partial charge in [0.25, 0.3) is 0 Å². The van der Waals surface area contributed by atoms with Gasteiger partial charge < -0.3 is 9.47 Å². The molecule has 128 valence electrons. The van der Waals surface area contributed by atoms with Crippen LogP contribution in [0.3, 0.4) is 0 Å². The molecule has 2 rings (SSSR count). The fourth-order valence-electron chi connectivity index (χ4n) is 2.10. The van der Waals surface area contributed by atoms with Crippen molar-refractivity contribution in [2.24, 2.45) is 0 Å². The second-order valence-electron chi connectivity index (χ2n) is 5.27. The topological polar surface area (TPSA) is 52.6 Å². The summed E-state index contributed by atoms with van der Waals surface area (Å²) in [5.74, 6) is 0.823. The Morgan fingerprint density at radius 2 is 1.71 bits per heavy atom. The summed E-state index contributed by atoms with van der Waals surface area (Å²) < 4.78 is 34.7. The van der Waals surface area contributed by atoms with E-state index in [0.717, 1.165) is 17.7 Å². The number of ether oxygens (including phenoxy) is 2. The van der Waals surface area contributed by atoms with Crippen molar-refractivity contribution < 1.29 is 17.9 Å². The molecule has 0 unspecified atom stereocenters. The third kappa shape index (κ3) is 5.83. The van der Waals surface area contributed by atoms with Gasteiger partial charge in [-0.3, -0.25) is 0 Å². The fourth-order valence-corrected chi connectivity index (χ4v) is 3.18. The van der Waals surface area contributed by atoms with Crippen LogP contribution in [0.1, 0.15) is 18.4 Å². The van der Waals surface area contributed by atoms with Crippen LogP contribution in [-0.4, -0.2) is 22.1 Å². The molecule has 0 N–H and O–H groups in total. The molecule has 2 aromatic rings. The molecule has 0 radical (unpaired) electrons. The van der Waals surface area contributed by atoms with E-state index < -0.39 is 9.84 Å². The van der Waals surface area contributed by atoms with E-state index in [1.807, 2.05) is 24.3 Å². The molecule has 2 aromatic carbocycles. The predicted octanol–water partition coefficient (Wildman–Crippen LogP) is 3.98. The Kier molecular flexibility index (Phi) is 7.03. The molecule has 0 saturated heterocycles. The summed E-state index contributed by atoms with van der Waals surface area (Å²) in [6.07, 6.45) is 3.12. The van der Waals surface area contributed by atoms with Crippen molar-refractivity contribution in [1.82, 2.24) is 0 Å². The number of allylic oxidation sites excluding steroid dienone is 1. The van der Waals surface area contributed by atoms with E-state index >= 15 is 0 Å². The van der Waals surface area contributed by atoms with Gasteiger partial charge in [-0.2, -0.15) is 0 Å². The van der Waals surface area contributed by atoms with Crippen molar-refractivity contribution in [3.05, 3.63) is 71.6 Å². The molecule has 0 amide bonds. The SMILES string of the molecule is COc1ccc(COCCC/C=C/S(=O)(=O)c2ccccc2)cc1. The molecule has 0 aliphatic carbocycles. The van der Waals surface area contributed by atoms with Gasteiger partial charge in [-0.15, -0.1) is 0 Å². The standard InChI is InChI=1S/C19H22O4S/c1-22-18-12-10-17(11-13-18)16-23-14-6-3-7-15-24(20,21)19-8-4-2-5-9-19/h2,4-5,7-13,15H,3,6,14,16H2,1H3/b15-7+. The Morgan fingerprint density at radius 1 is 1.00 bits per heavy atom. The van der Waals surface area contributed by atoms with Crippen molar-refractivity contribution in [3.63, 3.8) is 0 Å². The third-order valence-corrected chi connectivity index (χ3v) is 4.91.